The lowest BCUT2D eigenvalue weighted by molar-refractivity contribution is 0.0640. The topological polar surface area (TPSA) is 64.3 Å². The summed E-state index contributed by atoms with van der Waals surface area (Å²) < 4.78 is 11.3. The highest BCUT2D eigenvalue weighted by molar-refractivity contribution is 5.18. The Morgan fingerprint density at radius 2 is 1.93 bits per heavy atom. The van der Waals surface area contributed by atoms with Gasteiger partial charge < -0.3 is 9.26 Å². The van der Waals surface area contributed by atoms with Crippen molar-refractivity contribution < 1.29 is 9.26 Å². The fourth-order valence-corrected chi connectivity index (χ4v) is 3.41. The van der Waals surface area contributed by atoms with Gasteiger partial charge in [0, 0.05) is 38.5 Å². The van der Waals surface area contributed by atoms with E-state index in [1.807, 2.05) is 30.5 Å². The minimum Gasteiger partial charge on any atom is -0.377 e. The summed E-state index contributed by atoms with van der Waals surface area (Å²) >= 11 is 0. The van der Waals surface area contributed by atoms with E-state index in [9.17, 15) is 0 Å². The Labute approximate surface area is 159 Å². The molecule has 0 amide bonds. The first kappa shape index (κ1) is 17.8. The predicted molar refractivity (Wildman–Crippen MR) is 101 cm³/mol. The van der Waals surface area contributed by atoms with Crippen LogP contribution in [0.4, 0.5) is 0 Å². The minimum atomic E-state index is 0.272. The maximum atomic E-state index is 5.82. The molecule has 6 heteroatoms. The third-order valence-electron chi connectivity index (χ3n) is 4.69. The molecule has 2 aromatic heterocycles. The molecule has 0 spiro atoms. The molecule has 0 saturated carbocycles. The highest BCUT2D eigenvalue weighted by atomic mass is 16.5. The molecule has 140 valence electrons. The van der Waals surface area contributed by atoms with E-state index in [-0.39, 0.29) is 6.10 Å². The summed E-state index contributed by atoms with van der Waals surface area (Å²) in [6.45, 7) is 3.10. The molecule has 4 rings (SSSR count). The van der Waals surface area contributed by atoms with Crippen LogP contribution in [0.25, 0.3) is 0 Å². The van der Waals surface area contributed by atoms with Crippen LogP contribution in [0.5, 0.6) is 0 Å². The van der Waals surface area contributed by atoms with Crippen LogP contribution in [0.3, 0.4) is 0 Å². The Bertz CT molecular complexity index is 816. The lowest BCUT2D eigenvalue weighted by Crippen LogP contribution is -2.31. The van der Waals surface area contributed by atoms with Gasteiger partial charge in [-0.1, -0.05) is 41.6 Å². The third kappa shape index (κ3) is 5.21. The molecule has 27 heavy (non-hydrogen) atoms. The largest absolute Gasteiger partial charge is 0.377 e. The summed E-state index contributed by atoms with van der Waals surface area (Å²) in [6.07, 6.45) is 6.88. The van der Waals surface area contributed by atoms with Crippen LogP contribution in [-0.4, -0.2) is 39.3 Å². The van der Waals surface area contributed by atoms with Crippen LogP contribution in [0.1, 0.15) is 35.7 Å². The summed E-state index contributed by atoms with van der Waals surface area (Å²) in [6, 6.07) is 14.2. The Hall–Kier alpha value is -2.57. The monoisotopic (exact) mass is 364 g/mol. The fraction of sp³-hybridized carbons (Fsp3) is 0.381. The van der Waals surface area contributed by atoms with E-state index in [1.54, 1.807) is 6.20 Å². The van der Waals surface area contributed by atoms with Gasteiger partial charge in [0.1, 0.15) is 0 Å². The van der Waals surface area contributed by atoms with Crippen molar-refractivity contribution in [3.05, 3.63) is 77.7 Å². The maximum absolute atomic E-state index is 5.82. The number of pyridine rings is 1. The lowest BCUT2D eigenvalue weighted by Gasteiger charge is -2.23. The molecule has 1 saturated heterocycles. The van der Waals surface area contributed by atoms with E-state index in [1.165, 1.54) is 11.1 Å². The fourth-order valence-electron chi connectivity index (χ4n) is 3.41. The summed E-state index contributed by atoms with van der Waals surface area (Å²) in [4.78, 5) is 11.1. The molecule has 1 unspecified atom stereocenters. The van der Waals surface area contributed by atoms with E-state index in [2.05, 4.69) is 38.2 Å². The summed E-state index contributed by atoms with van der Waals surface area (Å²) in [5, 5.41) is 4.15. The Kier molecular flexibility index (Phi) is 5.86. The molecule has 1 aromatic carbocycles. The molecule has 0 N–H and O–H groups in total. The zero-order valence-corrected chi connectivity index (χ0v) is 15.3. The molecule has 0 radical (unpaired) electrons. The van der Waals surface area contributed by atoms with Gasteiger partial charge in [0.25, 0.3) is 0 Å². The molecule has 3 aromatic rings. The van der Waals surface area contributed by atoms with Gasteiger partial charge in [-0.3, -0.25) is 9.88 Å². The Balaban J connectivity index is 1.42. The quantitative estimate of drug-likeness (QED) is 0.611. The maximum Gasteiger partial charge on any atom is 0.240 e. The van der Waals surface area contributed by atoms with Gasteiger partial charge in [-0.25, -0.2) is 0 Å². The lowest BCUT2D eigenvalue weighted by atomic mass is 10.1. The molecular weight excluding hydrogens is 340 g/mol. The molecule has 1 fully saturated rings. The molecule has 1 aliphatic rings. The van der Waals surface area contributed by atoms with Crippen molar-refractivity contribution in [1.82, 2.24) is 20.0 Å². The zero-order valence-electron chi connectivity index (χ0n) is 15.3. The second kappa shape index (κ2) is 8.88. The van der Waals surface area contributed by atoms with Crippen LogP contribution < -0.4 is 0 Å². The van der Waals surface area contributed by atoms with Crippen molar-refractivity contribution in [3.63, 3.8) is 0 Å². The molecule has 0 aliphatic carbocycles. The number of benzene rings is 1. The van der Waals surface area contributed by atoms with Crippen molar-refractivity contribution in [2.24, 2.45) is 0 Å². The van der Waals surface area contributed by atoms with Crippen LogP contribution >= 0.6 is 0 Å². The highest BCUT2D eigenvalue weighted by Crippen LogP contribution is 2.17. The Morgan fingerprint density at radius 1 is 1.04 bits per heavy atom. The number of hydrogen-bond donors (Lipinski definition) is 0. The first-order valence-electron chi connectivity index (χ1n) is 9.43. The standard InChI is InChI=1S/C21H24N4O2/c1-2-6-17(7-3-1)12-20-23-21(27-24-20)16-25(15-19-9-5-11-26-19)14-18-8-4-10-22-13-18/h1-4,6-8,10,13,19H,5,9,11-12,14-16H2. The van der Waals surface area contributed by atoms with Crippen LogP contribution in [0.2, 0.25) is 0 Å². The second-order valence-corrected chi connectivity index (χ2v) is 6.93. The van der Waals surface area contributed by atoms with E-state index in [4.69, 9.17) is 9.26 Å². The number of rotatable bonds is 8. The number of nitrogens with zero attached hydrogens (tertiary/aromatic N) is 4. The van der Waals surface area contributed by atoms with E-state index >= 15 is 0 Å². The smallest absolute Gasteiger partial charge is 0.240 e. The SMILES string of the molecule is c1ccc(Cc2noc(CN(Cc3cccnc3)CC3CCCO3)n2)cc1. The normalized spacial score (nSPS) is 16.9. The first-order chi connectivity index (χ1) is 13.3. The summed E-state index contributed by atoms with van der Waals surface area (Å²) in [7, 11) is 0. The van der Waals surface area contributed by atoms with Crippen molar-refractivity contribution in [1.29, 1.82) is 0 Å². The van der Waals surface area contributed by atoms with E-state index < -0.39 is 0 Å². The number of hydrogen-bond acceptors (Lipinski definition) is 6. The predicted octanol–water partition coefficient (Wildman–Crippen LogP) is 3.24. The molecule has 0 bridgehead atoms. The summed E-state index contributed by atoms with van der Waals surface area (Å²) in [5.41, 5.74) is 2.34. The minimum absolute atomic E-state index is 0.272. The first-order valence-corrected chi connectivity index (χ1v) is 9.43. The molecule has 6 nitrogen and oxygen atoms in total. The van der Waals surface area contributed by atoms with Crippen LogP contribution in [-0.2, 0) is 24.2 Å². The van der Waals surface area contributed by atoms with Gasteiger partial charge in [-0.2, -0.15) is 4.98 Å². The highest BCUT2D eigenvalue weighted by Gasteiger charge is 2.21. The Morgan fingerprint density at radius 3 is 2.70 bits per heavy atom. The van der Waals surface area contributed by atoms with Crippen molar-refractivity contribution >= 4 is 0 Å². The van der Waals surface area contributed by atoms with Crippen molar-refractivity contribution in [2.45, 2.75) is 38.5 Å². The second-order valence-electron chi connectivity index (χ2n) is 6.93. The molecular formula is C21H24N4O2. The van der Waals surface area contributed by atoms with Crippen LogP contribution in [0.15, 0.2) is 59.4 Å². The van der Waals surface area contributed by atoms with Gasteiger partial charge >= 0.3 is 0 Å². The van der Waals surface area contributed by atoms with Gasteiger partial charge in [0.15, 0.2) is 5.82 Å². The van der Waals surface area contributed by atoms with Crippen molar-refractivity contribution in [2.75, 3.05) is 13.2 Å². The van der Waals surface area contributed by atoms with Gasteiger partial charge in [0.2, 0.25) is 5.89 Å². The molecule has 1 atom stereocenters. The van der Waals surface area contributed by atoms with Crippen LogP contribution in [0, 0.1) is 0 Å². The third-order valence-corrected chi connectivity index (χ3v) is 4.69. The van der Waals surface area contributed by atoms with Crippen molar-refractivity contribution in [3.8, 4) is 0 Å². The van der Waals surface area contributed by atoms with Gasteiger partial charge in [-0.15, -0.1) is 0 Å². The molecule has 1 aliphatic heterocycles. The van der Waals surface area contributed by atoms with Gasteiger partial charge in [-0.05, 0) is 30.0 Å². The summed E-state index contributed by atoms with van der Waals surface area (Å²) in [5.74, 6) is 1.36. The average molecular weight is 364 g/mol. The number of aromatic nitrogens is 3. The van der Waals surface area contributed by atoms with E-state index in [0.29, 0.717) is 18.9 Å². The van der Waals surface area contributed by atoms with Gasteiger partial charge in [0.05, 0.1) is 12.6 Å². The average Bonchev–Trinajstić information content (AvgIpc) is 3.36. The molecule has 3 heterocycles. The zero-order chi connectivity index (χ0) is 18.3. The number of ether oxygens (including phenoxy) is 1. The van der Waals surface area contributed by atoms with E-state index in [0.717, 1.165) is 38.4 Å².